The number of hydrogen-bond donors (Lipinski definition) is 1. The highest BCUT2D eigenvalue weighted by molar-refractivity contribution is 5.89. The molecular weight excluding hydrogens is 348 g/mol. The molecule has 148 valence electrons. The van der Waals surface area contributed by atoms with Crippen molar-refractivity contribution in [1.29, 1.82) is 0 Å². The number of likely N-dealkylation sites (tertiary alicyclic amines) is 1. The summed E-state index contributed by atoms with van der Waals surface area (Å²) in [5, 5.41) is 3.01. The number of nitrogens with zero attached hydrogens (tertiary/aromatic N) is 1. The number of carbonyl (C=O) groups excluding carboxylic acids is 2. The lowest BCUT2D eigenvalue weighted by Crippen LogP contribution is -2.37. The minimum absolute atomic E-state index is 0.00448. The number of rotatable bonds is 8. The van der Waals surface area contributed by atoms with Gasteiger partial charge in [0.15, 0.2) is 11.5 Å². The van der Waals surface area contributed by atoms with E-state index in [9.17, 15) is 9.59 Å². The third-order valence-electron chi connectivity index (χ3n) is 5.18. The molecule has 2 fully saturated rings. The molecule has 0 spiro atoms. The zero-order valence-corrected chi connectivity index (χ0v) is 15.8. The van der Waals surface area contributed by atoms with Crippen LogP contribution in [0.3, 0.4) is 0 Å². The van der Waals surface area contributed by atoms with Crippen molar-refractivity contribution in [2.45, 2.75) is 19.3 Å². The van der Waals surface area contributed by atoms with Crippen LogP contribution in [0.25, 0.3) is 0 Å². The van der Waals surface area contributed by atoms with Gasteiger partial charge in [0.1, 0.15) is 6.61 Å². The van der Waals surface area contributed by atoms with Crippen LogP contribution >= 0.6 is 0 Å². The summed E-state index contributed by atoms with van der Waals surface area (Å²) in [6.07, 6.45) is 2.24. The van der Waals surface area contributed by atoms with E-state index in [0.717, 1.165) is 26.1 Å². The van der Waals surface area contributed by atoms with Gasteiger partial charge in [-0.2, -0.15) is 0 Å². The van der Waals surface area contributed by atoms with E-state index in [1.807, 2.05) is 24.3 Å². The second kappa shape index (κ2) is 9.60. The molecule has 7 heteroatoms. The van der Waals surface area contributed by atoms with Crippen molar-refractivity contribution in [3.63, 3.8) is 0 Å². The summed E-state index contributed by atoms with van der Waals surface area (Å²) >= 11 is 0. The van der Waals surface area contributed by atoms with E-state index < -0.39 is 0 Å². The van der Waals surface area contributed by atoms with Crippen LogP contribution in [0.4, 0.5) is 0 Å². The van der Waals surface area contributed by atoms with Crippen molar-refractivity contribution in [3.05, 3.63) is 24.3 Å². The van der Waals surface area contributed by atoms with E-state index in [2.05, 4.69) is 5.32 Å². The fourth-order valence-corrected chi connectivity index (χ4v) is 3.51. The molecule has 2 heterocycles. The molecule has 1 aromatic rings. The van der Waals surface area contributed by atoms with Crippen molar-refractivity contribution in [2.24, 2.45) is 11.8 Å². The fourth-order valence-electron chi connectivity index (χ4n) is 3.51. The van der Waals surface area contributed by atoms with Crippen LogP contribution in [0.1, 0.15) is 19.3 Å². The molecule has 27 heavy (non-hydrogen) atoms. The van der Waals surface area contributed by atoms with Gasteiger partial charge in [0.25, 0.3) is 0 Å². The summed E-state index contributed by atoms with van der Waals surface area (Å²) in [4.78, 5) is 26.3. The number of ether oxygens (including phenoxy) is 3. The molecular formula is C20H28N2O5. The van der Waals surface area contributed by atoms with E-state index >= 15 is 0 Å². The molecule has 1 aromatic carbocycles. The first kappa shape index (κ1) is 19.5. The maximum absolute atomic E-state index is 12.4. The maximum atomic E-state index is 12.4. The van der Waals surface area contributed by atoms with Crippen molar-refractivity contribution < 1.29 is 23.8 Å². The first-order valence-electron chi connectivity index (χ1n) is 9.56. The normalized spacial score (nSPS) is 20.6. The quantitative estimate of drug-likeness (QED) is 0.743. The molecule has 0 bridgehead atoms. The van der Waals surface area contributed by atoms with E-state index in [1.54, 1.807) is 12.0 Å². The number of methoxy groups -OCH3 is 1. The van der Waals surface area contributed by atoms with Gasteiger partial charge in [0.2, 0.25) is 11.8 Å². The second-order valence-electron chi connectivity index (χ2n) is 7.04. The van der Waals surface area contributed by atoms with Crippen molar-refractivity contribution in [2.75, 3.05) is 46.6 Å². The van der Waals surface area contributed by atoms with Gasteiger partial charge in [-0.25, -0.2) is 0 Å². The monoisotopic (exact) mass is 376 g/mol. The minimum atomic E-state index is -0.274. The Hall–Kier alpha value is -2.28. The molecule has 0 unspecified atom stereocenters. The zero-order chi connectivity index (χ0) is 19.1. The molecule has 2 aliphatic rings. The predicted octanol–water partition coefficient (Wildman–Crippen LogP) is 1.47. The molecule has 3 rings (SSSR count). The number of para-hydroxylation sites is 2. The van der Waals surface area contributed by atoms with E-state index in [-0.39, 0.29) is 24.2 Å². The van der Waals surface area contributed by atoms with Gasteiger partial charge in [-0.15, -0.1) is 0 Å². The summed E-state index contributed by atoms with van der Waals surface area (Å²) in [5.74, 6) is 1.50. The van der Waals surface area contributed by atoms with E-state index in [4.69, 9.17) is 14.2 Å². The average molecular weight is 376 g/mol. The molecule has 2 saturated heterocycles. The standard InChI is InChI=1S/C20H28N2O5/c1-25-17-4-2-3-5-18(17)27-11-8-22-14-16(12-19(22)23)20(24)21-13-15-6-9-26-10-7-15/h2-5,15-16H,6-14H2,1H3,(H,21,24)/t16-/m0/s1. The highest BCUT2D eigenvalue weighted by atomic mass is 16.5. The number of amides is 2. The first-order valence-corrected chi connectivity index (χ1v) is 9.56. The fraction of sp³-hybridized carbons (Fsp3) is 0.600. The van der Waals surface area contributed by atoms with Gasteiger partial charge >= 0.3 is 0 Å². The van der Waals surface area contributed by atoms with Gasteiger partial charge in [-0.1, -0.05) is 12.1 Å². The Labute approximate surface area is 160 Å². The molecule has 0 aliphatic carbocycles. The lowest BCUT2D eigenvalue weighted by molar-refractivity contribution is -0.129. The Kier molecular flexibility index (Phi) is 6.92. The van der Waals surface area contributed by atoms with Crippen molar-refractivity contribution in [3.8, 4) is 11.5 Å². The number of carbonyl (C=O) groups is 2. The van der Waals surface area contributed by atoms with Crippen LogP contribution < -0.4 is 14.8 Å². The number of benzene rings is 1. The molecule has 0 saturated carbocycles. The van der Waals surface area contributed by atoms with Crippen LogP contribution in [0.5, 0.6) is 11.5 Å². The van der Waals surface area contributed by atoms with Crippen LogP contribution in [0.15, 0.2) is 24.3 Å². The molecule has 0 radical (unpaired) electrons. The largest absolute Gasteiger partial charge is 0.493 e. The Bertz CT molecular complexity index is 645. The van der Waals surface area contributed by atoms with Gasteiger partial charge in [0.05, 0.1) is 19.6 Å². The highest BCUT2D eigenvalue weighted by Crippen LogP contribution is 2.26. The number of hydrogen-bond acceptors (Lipinski definition) is 5. The highest BCUT2D eigenvalue weighted by Gasteiger charge is 2.34. The third-order valence-corrected chi connectivity index (χ3v) is 5.18. The van der Waals surface area contributed by atoms with Crippen molar-refractivity contribution in [1.82, 2.24) is 10.2 Å². The van der Waals surface area contributed by atoms with Crippen LogP contribution in [-0.2, 0) is 14.3 Å². The summed E-state index contributed by atoms with van der Waals surface area (Å²) in [5.41, 5.74) is 0. The van der Waals surface area contributed by atoms with E-state index in [0.29, 0.717) is 43.7 Å². The zero-order valence-electron chi connectivity index (χ0n) is 15.8. The third kappa shape index (κ3) is 5.35. The Balaban J connectivity index is 1.41. The van der Waals surface area contributed by atoms with Crippen LogP contribution in [0, 0.1) is 11.8 Å². The Morgan fingerprint density at radius 1 is 1.26 bits per heavy atom. The lowest BCUT2D eigenvalue weighted by Gasteiger charge is -2.23. The summed E-state index contributed by atoms with van der Waals surface area (Å²) in [6.45, 7) is 3.48. The topological polar surface area (TPSA) is 77.1 Å². The smallest absolute Gasteiger partial charge is 0.225 e. The lowest BCUT2D eigenvalue weighted by atomic mass is 10.00. The van der Waals surface area contributed by atoms with Crippen LogP contribution in [-0.4, -0.2) is 63.3 Å². The molecule has 7 nitrogen and oxygen atoms in total. The molecule has 1 N–H and O–H groups in total. The Morgan fingerprint density at radius 2 is 2.00 bits per heavy atom. The molecule has 2 amide bonds. The maximum Gasteiger partial charge on any atom is 0.225 e. The van der Waals surface area contributed by atoms with Gasteiger partial charge < -0.3 is 24.4 Å². The summed E-state index contributed by atoms with van der Waals surface area (Å²) in [7, 11) is 1.59. The summed E-state index contributed by atoms with van der Waals surface area (Å²) in [6, 6.07) is 7.41. The minimum Gasteiger partial charge on any atom is -0.493 e. The molecule has 2 aliphatic heterocycles. The van der Waals surface area contributed by atoms with Gasteiger partial charge in [-0.3, -0.25) is 9.59 Å². The van der Waals surface area contributed by atoms with Gasteiger partial charge in [-0.05, 0) is 30.9 Å². The van der Waals surface area contributed by atoms with Crippen molar-refractivity contribution >= 4 is 11.8 Å². The average Bonchev–Trinajstić information content (AvgIpc) is 3.08. The summed E-state index contributed by atoms with van der Waals surface area (Å²) < 4.78 is 16.3. The van der Waals surface area contributed by atoms with Crippen LogP contribution in [0.2, 0.25) is 0 Å². The number of nitrogens with one attached hydrogen (secondary N) is 1. The predicted molar refractivity (Wildman–Crippen MR) is 99.7 cm³/mol. The Morgan fingerprint density at radius 3 is 2.74 bits per heavy atom. The van der Waals surface area contributed by atoms with Gasteiger partial charge in [0, 0.05) is 32.7 Å². The molecule has 1 atom stereocenters. The van der Waals surface area contributed by atoms with E-state index in [1.165, 1.54) is 0 Å². The molecule has 0 aromatic heterocycles. The first-order chi connectivity index (χ1) is 13.2. The SMILES string of the molecule is COc1ccccc1OCCN1C[C@@H](C(=O)NCC2CCOCC2)CC1=O. The second-order valence-corrected chi connectivity index (χ2v) is 7.04.